The van der Waals surface area contributed by atoms with Gasteiger partial charge in [-0.05, 0) is 12.8 Å². The number of hydrogen-bond donors (Lipinski definition) is 2. The summed E-state index contributed by atoms with van der Waals surface area (Å²) < 4.78 is 0. The summed E-state index contributed by atoms with van der Waals surface area (Å²) in [6, 6.07) is 0. The van der Waals surface area contributed by atoms with Crippen LogP contribution in [0.3, 0.4) is 0 Å². The lowest BCUT2D eigenvalue weighted by molar-refractivity contribution is -0.138. The zero-order valence-electron chi connectivity index (χ0n) is 8.87. The molecular weight excluding hydrogens is 227 g/mol. The Kier molecular flexibility index (Phi) is 18.8. The molecule has 0 amide bonds. The van der Waals surface area contributed by atoms with Crippen LogP contribution in [0.1, 0.15) is 51.4 Å². The van der Waals surface area contributed by atoms with Gasteiger partial charge in [0.25, 0.3) is 0 Å². The van der Waals surface area contributed by atoms with Gasteiger partial charge in [0.2, 0.25) is 0 Å². The highest BCUT2D eigenvalue weighted by atomic mass is 27.0. The highest BCUT2D eigenvalue weighted by Crippen LogP contribution is 2.08. The smallest absolute Gasteiger partial charge is 0.303 e. The molecule has 0 saturated carbocycles. The third kappa shape index (κ3) is 19.1. The topological polar surface area (TPSA) is 106 Å². The van der Waals surface area contributed by atoms with Gasteiger partial charge in [-0.25, -0.2) is 0 Å². The Balaban J connectivity index is -0.000000845. The summed E-state index contributed by atoms with van der Waals surface area (Å²) >= 11 is 0. The van der Waals surface area contributed by atoms with E-state index < -0.39 is 11.9 Å². The molecule has 0 atom stereocenters. The second kappa shape index (κ2) is 14.4. The summed E-state index contributed by atoms with van der Waals surface area (Å²) in [4.78, 5) is 20.3. The van der Waals surface area contributed by atoms with Gasteiger partial charge in [-0.1, -0.05) is 25.7 Å². The molecule has 5 nitrogen and oxygen atoms in total. The largest absolute Gasteiger partial charge is 0.481 e. The van der Waals surface area contributed by atoms with Crippen molar-refractivity contribution in [3.8, 4) is 0 Å². The SMILES string of the molecule is O.O=C(O)CCCCCCCCC(=O)O.[AlH3]. The molecule has 0 heterocycles. The summed E-state index contributed by atoms with van der Waals surface area (Å²) in [6.45, 7) is 0. The van der Waals surface area contributed by atoms with Crippen LogP contribution >= 0.6 is 0 Å². The minimum atomic E-state index is -0.740. The quantitative estimate of drug-likeness (QED) is 0.452. The zero-order valence-corrected chi connectivity index (χ0v) is 8.87. The van der Waals surface area contributed by atoms with E-state index in [1.807, 2.05) is 0 Å². The van der Waals surface area contributed by atoms with Crippen molar-refractivity contribution in [3.05, 3.63) is 0 Å². The van der Waals surface area contributed by atoms with E-state index in [-0.39, 0.29) is 35.7 Å². The summed E-state index contributed by atoms with van der Waals surface area (Å²) in [5, 5.41) is 16.7. The Labute approximate surface area is 106 Å². The fourth-order valence-electron chi connectivity index (χ4n) is 1.26. The number of rotatable bonds is 9. The summed E-state index contributed by atoms with van der Waals surface area (Å²) in [5.41, 5.74) is 0. The van der Waals surface area contributed by atoms with Crippen molar-refractivity contribution >= 4 is 29.3 Å². The number of carboxylic acids is 2. The van der Waals surface area contributed by atoms with Gasteiger partial charge in [0.05, 0.1) is 0 Å². The molecule has 0 saturated heterocycles. The number of carbonyl (C=O) groups is 2. The minimum absolute atomic E-state index is 0. The third-order valence-electron chi connectivity index (χ3n) is 2.03. The van der Waals surface area contributed by atoms with Gasteiger partial charge in [0, 0.05) is 12.8 Å². The second-order valence-corrected chi connectivity index (χ2v) is 3.41. The molecule has 0 spiro atoms. The predicted octanol–water partition coefficient (Wildman–Crippen LogP) is 0.268. The number of unbranched alkanes of at least 4 members (excludes halogenated alkanes) is 5. The van der Waals surface area contributed by atoms with Crippen LogP contribution in [0.2, 0.25) is 0 Å². The van der Waals surface area contributed by atoms with Crippen molar-refractivity contribution in [2.75, 3.05) is 0 Å². The van der Waals surface area contributed by atoms with Crippen LogP contribution < -0.4 is 0 Å². The molecule has 0 aliphatic carbocycles. The van der Waals surface area contributed by atoms with Crippen molar-refractivity contribution in [1.29, 1.82) is 0 Å². The van der Waals surface area contributed by atoms with Crippen molar-refractivity contribution in [3.63, 3.8) is 0 Å². The molecule has 96 valence electrons. The van der Waals surface area contributed by atoms with E-state index in [0.29, 0.717) is 0 Å². The van der Waals surface area contributed by atoms with Crippen LogP contribution in [-0.2, 0) is 9.59 Å². The minimum Gasteiger partial charge on any atom is -0.481 e. The Morgan fingerprint density at radius 3 is 1.19 bits per heavy atom. The molecule has 0 aromatic rings. The normalized spacial score (nSPS) is 8.75. The zero-order chi connectivity index (χ0) is 10.8. The lowest BCUT2D eigenvalue weighted by atomic mass is 10.1. The summed E-state index contributed by atoms with van der Waals surface area (Å²) in [5.74, 6) is -1.48. The maximum Gasteiger partial charge on any atom is 0.303 e. The van der Waals surface area contributed by atoms with Crippen molar-refractivity contribution in [2.45, 2.75) is 51.4 Å². The number of hydrogen-bond acceptors (Lipinski definition) is 2. The Bertz CT molecular complexity index is 164. The van der Waals surface area contributed by atoms with E-state index in [1.54, 1.807) is 0 Å². The van der Waals surface area contributed by atoms with Crippen LogP contribution in [0, 0.1) is 0 Å². The lowest BCUT2D eigenvalue weighted by Crippen LogP contribution is -1.94. The molecule has 0 aliphatic heterocycles. The molecule has 0 radical (unpaired) electrons. The summed E-state index contributed by atoms with van der Waals surface area (Å²) in [7, 11) is 0. The van der Waals surface area contributed by atoms with Gasteiger partial charge in [-0.3, -0.25) is 9.59 Å². The average Bonchev–Trinajstić information content (AvgIpc) is 2.08. The maximum absolute atomic E-state index is 10.1. The van der Waals surface area contributed by atoms with Crippen LogP contribution in [0.15, 0.2) is 0 Å². The van der Waals surface area contributed by atoms with Gasteiger partial charge in [-0.2, -0.15) is 0 Å². The van der Waals surface area contributed by atoms with Gasteiger partial charge in [-0.15, -0.1) is 0 Å². The van der Waals surface area contributed by atoms with Crippen LogP contribution in [0.5, 0.6) is 0 Å². The van der Waals surface area contributed by atoms with E-state index in [0.717, 1.165) is 38.5 Å². The van der Waals surface area contributed by atoms with E-state index in [2.05, 4.69) is 0 Å². The fraction of sp³-hybridized carbons (Fsp3) is 0.800. The monoisotopic (exact) mass is 250 g/mol. The first-order valence-electron chi connectivity index (χ1n) is 5.06. The standard InChI is InChI=1S/C10H18O4.Al.H2O.3H/c11-9(12)7-5-3-1-2-4-6-8-10(13)14;;;;;/h1-8H2,(H,11,12)(H,13,14);;1H2;;;. The Hall–Kier alpha value is -0.568. The van der Waals surface area contributed by atoms with Crippen molar-refractivity contribution < 1.29 is 25.3 Å². The maximum atomic E-state index is 10.1. The number of carboxylic acid groups (broad SMARTS) is 2. The van der Waals surface area contributed by atoms with Gasteiger partial charge in [0.15, 0.2) is 17.4 Å². The van der Waals surface area contributed by atoms with E-state index in [9.17, 15) is 9.59 Å². The Morgan fingerprint density at radius 2 is 0.938 bits per heavy atom. The molecule has 4 N–H and O–H groups in total. The molecule has 0 aliphatic rings. The number of aliphatic carboxylic acids is 2. The first kappa shape index (κ1) is 20.8. The van der Waals surface area contributed by atoms with Gasteiger partial charge in [0.1, 0.15) is 0 Å². The lowest BCUT2D eigenvalue weighted by Gasteiger charge is -1.98. The molecule has 16 heavy (non-hydrogen) atoms. The van der Waals surface area contributed by atoms with Gasteiger partial charge < -0.3 is 15.7 Å². The van der Waals surface area contributed by atoms with Crippen molar-refractivity contribution in [2.24, 2.45) is 0 Å². The highest BCUT2D eigenvalue weighted by Gasteiger charge is 1.98. The van der Waals surface area contributed by atoms with Crippen LogP contribution in [-0.4, -0.2) is 45.0 Å². The molecule has 0 unspecified atom stereocenters. The molecular formula is C10H23AlO5. The van der Waals surface area contributed by atoms with E-state index >= 15 is 0 Å². The molecule has 0 aromatic heterocycles. The van der Waals surface area contributed by atoms with Gasteiger partial charge >= 0.3 is 11.9 Å². The molecule has 0 rings (SSSR count). The first-order valence-corrected chi connectivity index (χ1v) is 5.06. The third-order valence-corrected chi connectivity index (χ3v) is 2.03. The predicted molar refractivity (Wildman–Crippen MR) is 65.8 cm³/mol. The molecule has 0 aromatic carbocycles. The molecule has 6 heteroatoms. The fourth-order valence-corrected chi connectivity index (χ4v) is 1.26. The van der Waals surface area contributed by atoms with E-state index in [1.165, 1.54) is 0 Å². The average molecular weight is 250 g/mol. The molecule has 0 bridgehead atoms. The second-order valence-electron chi connectivity index (χ2n) is 3.41. The summed E-state index contributed by atoms with van der Waals surface area (Å²) in [6.07, 6.45) is 5.82. The molecule has 0 fully saturated rings. The Morgan fingerprint density at radius 1 is 0.688 bits per heavy atom. The van der Waals surface area contributed by atoms with Crippen molar-refractivity contribution in [1.82, 2.24) is 0 Å². The van der Waals surface area contributed by atoms with Crippen LogP contribution in [0.25, 0.3) is 0 Å². The van der Waals surface area contributed by atoms with Crippen LogP contribution in [0.4, 0.5) is 0 Å². The van der Waals surface area contributed by atoms with E-state index in [4.69, 9.17) is 10.2 Å². The highest BCUT2D eigenvalue weighted by molar-refractivity contribution is 5.75. The first-order chi connectivity index (χ1) is 6.63.